The Kier molecular flexibility index (Phi) is 5.38. The van der Waals surface area contributed by atoms with E-state index in [0.717, 1.165) is 42.6 Å². The fraction of sp³-hybridized carbons (Fsp3) is 0.412. The number of aromatic nitrogens is 1. The van der Waals surface area contributed by atoms with Gasteiger partial charge in [0.1, 0.15) is 0 Å². The molecule has 1 amide bonds. The Morgan fingerprint density at radius 1 is 1.33 bits per heavy atom. The molecule has 128 valence electrons. The molecule has 1 aliphatic rings. The minimum absolute atomic E-state index is 0.00284. The number of nitrogens with one attached hydrogen (secondary N) is 1. The Labute approximate surface area is 151 Å². The molecule has 0 spiro atoms. The summed E-state index contributed by atoms with van der Waals surface area (Å²) in [6.07, 6.45) is 1.83. The molecule has 1 unspecified atom stereocenters. The van der Waals surface area contributed by atoms with Gasteiger partial charge in [0.25, 0.3) is 0 Å². The zero-order valence-corrected chi connectivity index (χ0v) is 15.4. The summed E-state index contributed by atoms with van der Waals surface area (Å²) in [6, 6.07) is 5.35. The summed E-state index contributed by atoms with van der Waals surface area (Å²) in [4.78, 5) is 21.4. The number of amides is 1. The Morgan fingerprint density at radius 2 is 2.08 bits per heavy atom. The van der Waals surface area contributed by atoms with Crippen molar-refractivity contribution in [1.82, 2.24) is 9.88 Å². The topological polar surface area (TPSA) is 48.5 Å². The van der Waals surface area contributed by atoms with Crippen molar-refractivity contribution < 1.29 is 4.79 Å². The molecule has 1 N–H and O–H groups in total. The monoisotopic (exact) mass is 364 g/mol. The van der Waals surface area contributed by atoms with Crippen LogP contribution in [0.15, 0.2) is 29.8 Å². The third-order valence-electron chi connectivity index (χ3n) is 4.39. The third-order valence-corrected chi connectivity index (χ3v) is 5.46. The second kappa shape index (κ2) is 7.51. The first-order valence-corrected chi connectivity index (χ1v) is 9.26. The van der Waals surface area contributed by atoms with Gasteiger partial charge in [-0.25, -0.2) is 4.98 Å². The van der Waals surface area contributed by atoms with Crippen LogP contribution in [-0.2, 0) is 4.79 Å². The molecular formula is C17H21ClN4OS. The van der Waals surface area contributed by atoms with E-state index in [1.807, 2.05) is 37.6 Å². The lowest BCUT2D eigenvalue weighted by atomic mass is 10.1. The number of aryl methyl sites for hydroxylation is 1. The quantitative estimate of drug-likeness (QED) is 0.904. The minimum atomic E-state index is -0.179. The lowest BCUT2D eigenvalue weighted by Gasteiger charge is -2.37. The van der Waals surface area contributed by atoms with Gasteiger partial charge in [0.15, 0.2) is 5.13 Å². The highest BCUT2D eigenvalue weighted by atomic mass is 35.5. The molecule has 7 heteroatoms. The van der Waals surface area contributed by atoms with Crippen LogP contribution >= 0.6 is 22.9 Å². The number of hydrogen-bond acceptors (Lipinski definition) is 5. The molecular weight excluding hydrogens is 344 g/mol. The highest BCUT2D eigenvalue weighted by molar-refractivity contribution is 7.13. The predicted molar refractivity (Wildman–Crippen MR) is 100 cm³/mol. The standard InChI is InChI=1S/C17H21ClN4OS/c1-12-3-4-14(18)11-15(12)20-16(23)13(2)21-6-8-22(9-7-21)17-19-5-10-24-17/h3-5,10-11,13H,6-9H2,1-2H3,(H,20,23). The van der Waals surface area contributed by atoms with E-state index < -0.39 is 0 Å². The summed E-state index contributed by atoms with van der Waals surface area (Å²) in [7, 11) is 0. The molecule has 3 rings (SSSR count). The summed E-state index contributed by atoms with van der Waals surface area (Å²) in [5.74, 6) is 0.00284. The molecule has 1 aromatic heterocycles. The first kappa shape index (κ1) is 17.2. The van der Waals surface area contributed by atoms with Crippen LogP contribution in [0.25, 0.3) is 0 Å². The molecule has 2 aromatic rings. The second-order valence-corrected chi connectivity index (χ2v) is 7.27. The summed E-state index contributed by atoms with van der Waals surface area (Å²) >= 11 is 7.68. The maximum atomic E-state index is 12.6. The largest absolute Gasteiger partial charge is 0.346 e. The molecule has 1 saturated heterocycles. The van der Waals surface area contributed by atoms with Crippen LogP contribution in [0, 0.1) is 6.92 Å². The number of thiazole rings is 1. The van der Waals surface area contributed by atoms with Gasteiger partial charge in [0.2, 0.25) is 5.91 Å². The van der Waals surface area contributed by atoms with Crippen molar-refractivity contribution in [3.63, 3.8) is 0 Å². The number of rotatable bonds is 4. The highest BCUT2D eigenvalue weighted by Gasteiger charge is 2.26. The fourth-order valence-electron chi connectivity index (χ4n) is 2.80. The number of hydrogen-bond donors (Lipinski definition) is 1. The van der Waals surface area contributed by atoms with Crippen LogP contribution in [-0.4, -0.2) is 48.0 Å². The van der Waals surface area contributed by atoms with Gasteiger partial charge < -0.3 is 10.2 Å². The lowest BCUT2D eigenvalue weighted by Crippen LogP contribution is -2.52. The van der Waals surface area contributed by atoms with E-state index >= 15 is 0 Å². The van der Waals surface area contributed by atoms with Crippen molar-refractivity contribution in [3.8, 4) is 0 Å². The van der Waals surface area contributed by atoms with Crippen molar-refractivity contribution in [2.75, 3.05) is 36.4 Å². The van der Waals surface area contributed by atoms with Gasteiger partial charge in [-0.2, -0.15) is 0 Å². The van der Waals surface area contributed by atoms with Crippen LogP contribution in [0.3, 0.4) is 0 Å². The SMILES string of the molecule is Cc1ccc(Cl)cc1NC(=O)C(C)N1CCN(c2nccs2)CC1. The third kappa shape index (κ3) is 3.88. The Bertz CT molecular complexity index is 699. The average Bonchev–Trinajstić information content (AvgIpc) is 3.12. The van der Waals surface area contributed by atoms with Crippen LogP contribution in [0.1, 0.15) is 12.5 Å². The van der Waals surface area contributed by atoms with Crippen molar-refractivity contribution in [2.45, 2.75) is 19.9 Å². The van der Waals surface area contributed by atoms with Crippen molar-refractivity contribution in [2.24, 2.45) is 0 Å². The fourth-order valence-corrected chi connectivity index (χ4v) is 3.67. The minimum Gasteiger partial charge on any atom is -0.346 e. The van der Waals surface area contributed by atoms with Crippen LogP contribution < -0.4 is 10.2 Å². The van der Waals surface area contributed by atoms with Crippen LogP contribution in [0.5, 0.6) is 0 Å². The van der Waals surface area contributed by atoms with Gasteiger partial charge >= 0.3 is 0 Å². The number of piperazine rings is 1. The second-order valence-electron chi connectivity index (χ2n) is 5.96. The van der Waals surface area contributed by atoms with Crippen molar-refractivity contribution >= 4 is 39.7 Å². The number of halogens is 1. The number of carbonyl (C=O) groups excluding carboxylic acids is 1. The molecule has 0 radical (unpaired) electrons. The van der Waals surface area contributed by atoms with Gasteiger partial charge in [0.05, 0.1) is 6.04 Å². The number of benzene rings is 1. The molecule has 0 saturated carbocycles. The van der Waals surface area contributed by atoms with Crippen LogP contribution in [0.2, 0.25) is 5.02 Å². The smallest absolute Gasteiger partial charge is 0.241 e. The molecule has 1 aliphatic heterocycles. The van der Waals surface area contributed by atoms with E-state index in [1.165, 1.54) is 0 Å². The first-order chi connectivity index (χ1) is 11.5. The molecule has 1 fully saturated rings. The maximum Gasteiger partial charge on any atom is 0.241 e. The van der Waals surface area contributed by atoms with Gasteiger partial charge in [-0.15, -0.1) is 11.3 Å². The van der Waals surface area contributed by atoms with Crippen molar-refractivity contribution in [3.05, 3.63) is 40.4 Å². The number of anilines is 2. The molecule has 24 heavy (non-hydrogen) atoms. The molecule has 1 aromatic carbocycles. The Balaban J connectivity index is 1.57. The zero-order valence-electron chi connectivity index (χ0n) is 13.8. The summed E-state index contributed by atoms with van der Waals surface area (Å²) < 4.78 is 0. The maximum absolute atomic E-state index is 12.6. The van der Waals surface area contributed by atoms with Gasteiger partial charge in [-0.1, -0.05) is 17.7 Å². The average molecular weight is 365 g/mol. The molecule has 5 nitrogen and oxygen atoms in total. The van der Waals surface area contributed by atoms with E-state index in [4.69, 9.17) is 11.6 Å². The summed E-state index contributed by atoms with van der Waals surface area (Å²) in [5, 5.41) is 6.67. The van der Waals surface area contributed by atoms with E-state index in [9.17, 15) is 4.79 Å². The predicted octanol–water partition coefficient (Wildman–Crippen LogP) is 3.25. The van der Waals surface area contributed by atoms with E-state index in [1.54, 1.807) is 17.4 Å². The first-order valence-electron chi connectivity index (χ1n) is 8.00. The normalized spacial score (nSPS) is 16.9. The molecule has 0 aliphatic carbocycles. The number of nitrogens with zero attached hydrogens (tertiary/aromatic N) is 3. The lowest BCUT2D eigenvalue weighted by molar-refractivity contribution is -0.120. The number of carbonyl (C=O) groups is 1. The van der Waals surface area contributed by atoms with E-state index in [2.05, 4.69) is 20.1 Å². The summed E-state index contributed by atoms with van der Waals surface area (Å²) in [6.45, 7) is 7.39. The molecule has 0 bridgehead atoms. The zero-order chi connectivity index (χ0) is 17.1. The van der Waals surface area contributed by atoms with Crippen molar-refractivity contribution in [1.29, 1.82) is 0 Å². The Hall–Kier alpha value is -1.63. The van der Waals surface area contributed by atoms with Gasteiger partial charge in [-0.05, 0) is 31.5 Å². The van der Waals surface area contributed by atoms with E-state index in [-0.39, 0.29) is 11.9 Å². The molecule has 1 atom stereocenters. The Morgan fingerprint density at radius 3 is 2.75 bits per heavy atom. The summed E-state index contributed by atoms with van der Waals surface area (Å²) in [5.41, 5.74) is 1.79. The molecule has 2 heterocycles. The van der Waals surface area contributed by atoms with Crippen LogP contribution in [0.4, 0.5) is 10.8 Å². The van der Waals surface area contributed by atoms with Gasteiger partial charge in [-0.3, -0.25) is 9.69 Å². The highest BCUT2D eigenvalue weighted by Crippen LogP contribution is 2.22. The van der Waals surface area contributed by atoms with E-state index in [0.29, 0.717) is 5.02 Å². The van der Waals surface area contributed by atoms with Gasteiger partial charge in [0, 0.05) is 48.5 Å².